The summed E-state index contributed by atoms with van der Waals surface area (Å²) in [5, 5.41) is 9.89. The standard InChI is InChI=1S/C21H19N3O3S/c1-21(2)16-8-6-13(28(26,27)24(3)4)10-15(16)19(25)18-14-7-5-12(11-22)9-17(14)23-20(18)21/h5-10,23H,1-4H3. The van der Waals surface area contributed by atoms with Crippen molar-refractivity contribution in [3.63, 3.8) is 0 Å². The molecule has 28 heavy (non-hydrogen) atoms. The van der Waals surface area contributed by atoms with Gasteiger partial charge in [0, 0.05) is 41.7 Å². The van der Waals surface area contributed by atoms with Gasteiger partial charge in [-0.15, -0.1) is 0 Å². The monoisotopic (exact) mass is 393 g/mol. The summed E-state index contributed by atoms with van der Waals surface area (Å²) in [6, 6.07) is 12.0. The van der Waals surface area contributed by atoms with Gasteiger partial charge in [-0.2, -0.15) is 5.26 Å². The van der Waals surface area contributed by atoms with Gasteiger partial charge in [-0.1, -0.05) is 26.0 Å². The molecular weight excluding hydrogens is 374 g/mol. The Morgan fingerprint density at radius 1 is 1.11 bits per heavy atom. The molecule has 0 bridgehead atoms. The third-order valence-corrected chi connectivity index (χ3v) is 7.28. The molecule has 0 spiro atoms. The molecule has 4 rings (SSSR count). The molecule has 0 aliphatic heterocycles. The van der Waals surface area contributed by atoms with Crippen molar-refractivity contribution in [3.05, 3.63) is 64.3 Å². The van der Waals surface area contributed by atoms with Crippen LogP contribution < -0.4 is 0 Å². The number of aromatic nitrogens is 1. The van der Waals surface area contributed by atoms with Gasteiger partial charge in [-0.3, -0.25) is 4.79 Å². The van der Waals surface area contributed by atoms with E-state index in [4.69, 9.17) is 5.26 Å². The molecular formula is C21H19N3O3S. The van der Waals surface area contributed by atoms with Crippen LogP contribution in [0, 0.1) is 11.3 Å². The molecule has 142 valence electrons. The number of carbonyl (C=O) groups excluding carboxylic acids is 1. The van der Waals surface area contributed by atoms with E-state index in [1.165, 1.54) is 20.2 Å². The van der Waals surface area contributed by atoms with Crippen LogP contribution in [0.4, 0.5) is 0 Å². The molecule has 1 aliphatic carbocycles. The summed E-state index contributed by atoms with van der Waals surface area (Å²) in [5.41, 5.74) is 3.19. The van der Waals surface area contributed by atoms with Gasteiger partial charge in [-0.25, -0.2) is 12.7 Å². The lowest BCUT2D eigenvalue weighted by Gasteiger charge is -2.32. The second kappa shape index (κ2) is 5.77. The quantitative estimate of drug-likeness (QED) is 0.724. The zero-order chi connectivity index (χ0) is 20.4. The van der Waals surface area contributed by atoms with Crippen molar-refractivity contribution in [3.8, 4) is 6.07 Å². The Morgan fingerprint density at radius 3 is 2.46 bits per heavy atom. The number of ketones is 1. The predicted molar refractivity (Wildman–Crippen MR) is 106 cm³/mol. The number of rotatable bonds is 2. The van der Waals surface area contributed by atoms with Crippen LogP contribution in [0.5, 0.6) is 0 Å². The molecule has 0 saturated heterocycles. The summed E-state index contributed by atoms with van der Waals surface area (Å²) >= 11 is 0. The van der Waals surface area contributed by atoms with E-state index in [1.54, 1.807) is 30.3 Å². The molecule has 0 atom stereocenters. The Labute approximate surface area is 163 Å². The molecule has 3 aromatic rings. The first-order valence-electron chi connectivity index (χ1n) is 8.77. The van der Waals surface area contributed by atoms with Crippen LogP contribution in [-0.4, -0.2) is 37.6 Å². The second-order valence-electron chi connectivity index (χ2n) is 7.70. The van der Waals surface area contributed by atoms with Crippen LogP contribution in [0.1, 0.15) is 46.6 Å². The Morgan fingerprint density at radius 2 is 1.82 bits per heavy atom. The average Bonchev–Trinajstić information content (AvgIpc) is 3.05. The molecule has 1 aliphatic rings. The Hall–Kier alpha value is -2.95. The minimum absolute atomic E-state index is 0.0930. The van der Waals surface area contributed by atoms with Crippen molar-refractivity contribution < 1.29 is 13.2 Å². The molecule has 6 nitrogen and oxygen atoms in total. The van der Waals surface area contributed by atoms with Crippen LogP contribution >= 0.6 is 0 Å². The third-order valence-electron chi connectivity index (χ3n) is 5.47. The summed E-state index contributed by atoms with van der Waals surface area (Å²) in [6.45, 7) is 4.00. The summed E-state index contributed by atoms with van der Waals surface area (Å²) in [6.07, 6.45) is 0. The number of carbonyl (C=O) groups is 1. The van der Waals surface area contributed by atoms with E-state index in [0.717, 1.165) is 26.5 Å². The maximum Gasteiger partial charge on any atom is 0.242 e. The van der Waals surface area contributed by atoms with E-state index in [1.807, 2.05) is 13.8 Å². The second-order valence-corrected chi connectivity index (χ2v) is 9.85. The normalized spacial score (nSPS) is 15.4. The summed E-state index contributed by atoms with van der Waals surface area (Å²) in [5.74, 6) is -0.212. The summed E-state index contributed by atoms with van der Waals surface area (Å²) in [4.78, 5) is 16.8. The number of sulfonamides is 1. The highest BCUT2D eigenvalue weighted by Crippen LogP contribution is 2.44. The van der Waals surface area contributed by atoms with Gasteiger partial charge in [0.15, 0.2) is 5.78 Å². The number of fused-ring (bicyclic) bond motifs is 4. The SMILES string of the molecule is CN(C)S(=O)(=O)c1ccc2c(c1)C(=O)c1c([nH]c3cc(C#N)ccc13)C2(C)C. The van der Waals surface area contributed by atoms with E-state index in [2.05, 4.69) is 11.1 Å². The smallest absolute Gasteiger partial charge is 0.242 e. The molecule has 1 N–H and O–H groups in total. The van der Waals surface area contributed by atoms with Gasteiger partial charge in [0.2, 0.25) is 10.0 Å². The van der Waals surface area contributed by atoms with E-state index in [9.17, 15) is 13.2 Å². The zero-order valence-corrected chi connectivity index (χ0v) is 16.8. The highest BCUT2D eigenvalue weighted by Gasteiger charge is 2.40. The van der Waals surface area contributed by atoms with Crippen molar-refractivity contribution >= 4 is 26.7 Å². The minimum atomic E-state index is -3.65. The Bertz CT molecular complexity index is 1310. The molecule has 1 heterocycles. The lowest BCUT2D eigenvalue weighted by molar-refractivity contribution is 0.103. The molecule has 7 heteroatoms. The van der Waals surface area contributed by atoms with Crippen molar-refractivity contribution in [1.82, 2.24) is 9.29 Å². The summed E-state index contributed by atoms with van der Waals surface area (Å²) < 4.78 is 26.2. The predicted octanol–water partition coefficient (Wildman–Crippen LogP) is 3.16. The van der Waals surface area contributed by atoms with Crippen LogP contribution in [-0.2, 0) is 15.4 Å². The lowest BCUT2D eigenvalue weighted by Crippen LogP contribution is -2.31. The van der Waals surface area contributed by atoms with Gasteiger partial charge in [-0.05, 0) is 29.8 Å². The number of hydrogen-bond donors (Lipinski definition) is 1. The first kappa shape index (κ1) is 18.4. The fraction of sp³-hybridized carbons (Fsp3) is 0.238. The number of hydrogen-bond acceptors (Lipinski definition) is 4. The van der Waals surface area contributed by atoms with Gasteiger partial charge in [0.1, 0.15) is 0 Å². The number of H-pyrrole nitrogens is 1. The van der Waals surface area contributed by atoms with Crippen molar-refractivity contribution in [1.29, 1.82) is 5.26 Å². The largest absolute Gasteiger partial charge is 0.357 e. The fourth-order valence-electron chi connectivity index (χ4n) is 3.87. The van der Waals surface area contributed by atoms with E-state index in [0.29, 0.717) is 16.7 Å². The maximum absolute atomic E-state index is 13.4. The number of nitriles is 1. The average molecular weight is 393 g/mol. The number of benzene rings is 2. The van der Waals surface area contributed by atoms with Gasteiger partial charge < -0.3 is 4.98 Å². The van der Waals surface area contributed by atoms with Gasteiger partial charge >= 0.3 is 0 Å². The van der Waals surface area contributed by atoms with Crippen LogP contribution in [0.25, 0.3) is 10.9 Å². The van der Waals surface area contributed by atoms with Gasteiger partial charge in [0.25, 0.3) is 0 Å². The number of nitrogens with one attached hydrogen (secondary N) is 1. The number of nitrogens with zero attached hydrogens (tertiary/aromatic N) is 2. The van der Waals surface area contributed by atoms with Gasteiger partial charge in [0.05, 0.1) is 22.1 Å². The highest BCUT2D eigenvalue weighted by atomic mass is 32.2. The first-order chi connectivity index (χ1) is 13.1. The van der Waals surface area contributed by atoms with Crippen LogP contribution in [0.2, 0.25) is 0 Å². The Balaban J connectivity index is 2.01. The molecule has 0 radical (unpaired) electrons. The Kier molecular flexibility index (Phi) is 3.80. The van der Waals surface area contributed by atoms with Crippen LogP contribution in [0.15, 0.2) is 41.3 Å². The number of aromatic amines is 1. The zero-order valence-electron chi connectivity index (χ0n) is 16.0. The van der Waals surface area contributed by atoms with Crippen molar-refractivity contribution in [2.75, 3.05) is 14.1 Å². The van der Waals surface area contributed by atoms with E-state index in [-0.39, 0.29) is 10.7 Å². The minimum Gasteiger partial charge on any atom is -0.357 e. The first-order valence-corrected chi connectivity index (χ1v) is 10.2. The molecule has 0 fully saturated rings. The molecule has 0 amide bonds. The third kappa shape index (κ3) is 2.35. The van der Waals surface area contributed by atoms with Crippen LogP contribution in [0.3, 0.4) is 0 Å². The van der Waals surface area contributed by atoms with E-state index < -0.39 is 15.4 Å². The molecule has 1 aromatic heterocycles. The lowest BCUT2D eigenvalue weighted by atomic mass is 9.71. The molecule has 0 unspecified atom stereocenters. The molecule has 2 aromatic carbocycles. The fourth-order valence-corrected chi connectivity index (χ4v) is 4.80. The molecule has 0 saturated carbocycles. The highest BCUT2D eigenvalue weighted by molar-refractivity contribution is 7.89. The van der Waals surface area contributed by atoms with Crippen molar-refractivity contribution in [2.24, 2.45) is 0 Å². The summed E-state index contributed by atoms with van der Waals surface area (Å²) in [7, 11) is -0.723. The van der Waals surface area contributed by atoms with Crippen molar-refractivity contribution in [2.45, 2.75) is 24.2 Å². The topological polar surface area (TPSA) is 94.0 Å². The van der Waals surface area contributed by atoms with E-state index >= 15 is 0 Å². The maximum atomic E-state index is 13.4.